The molecule has 2 aromatic carbocycles. The van der Waals surface area contributed by atoms with Crippen molar-refractivity contribution in [3.8, 4) is 0 Å². The van der Waals surface area contributed by atoms with E-state index in [9.17, 15) is 0 Å². The molecule has 3 unspecified atom stereocenters. The second-order valence-electron chi connectivity index (χ2n) is 17.3. The van der Waals surface area contributed by atoms with Crippen molar-refractivity contribution in [3.05, 3.63) is 158 Å². The van der Waals surface area contributed by atoms with Gasteiger partial charge < -0.3 is 10.2 Å². The molecule has 276 valence electrons. The third kappa shape index (κ3) is 5.90. The molecule has 2 heteroatoms. The summed E-state index contributed by atoms with van der Waals surface area (Å²) in [7, 11) is 0. The Labute approximate surface area is 327 Å². The molecule has 0 saturated heterocycles. The Kier molecular flexibility index (Phi) is 8.55. The van der Waals surface area contributed by atoms with E-state index in [1.54, 1.807) is 33.4 Å². The van der Waals surface area contributed by atoms with E-state index in [4.69, 9.17) is 0 Å². The normalized spacial score (nSPS) is 26.8. The molecule has 11 rings (SSSR count). The summed E-state index contributed by atoms with van der Waals surface area (Å²) in [6.45, 7) is 0. The molecule has 0 radical (unpaired) electrons. The van der Waals surface area contributed by atoms with E-state index < -0.39 is 0 Å². The van der Waals surface area contributed by atoms with E-state index in [1.807, 2.05) is 0 Å². The lowest BCUT2D eigenvalue weighted by molar-refractivity contribution is 0.163. The van der Waals surface area contributed by atoms with Crippen LogP contribution >= 0.6 is 0 Å². The molecule has 0 aromatic heterocycles. The first-order chi connectivity index (χ1) is 27.3. The van der Waals surface area contributed by atoms with Gasteiger partial charge in [-0.2, -0.15) is 0 Å². The largest absolute Gasteiger partial charge is 0.363 e. The Morgan fingerprint density at radius 1 is 0.582 bits per heavy atom. The molecule has 2 nitrogen and oxygen atoms in total. The first kappa shape index (κ1) is 33.5. The van der Waals surface area contributed by atoms with Crippen LogP contribution in [0.5, 0.6) is 0 Å². The standard InChI is InChI=1S/C53H54N2/c1-2-16-44(17-3-1)55-50-21-11-10-20-49(50)54-53(55)38-26-22-37(23-27-38)41-30-31-47-48(34-41)52(43-29-25-36-13-5-7-15-40(36)33-43)46-19-9-8-18-45(46)51(47)42-28-24-35-12-4-6-14-39(35)32-42/h2,4-5,10,12-13,16,18-20,22-23,26,30-34,38,44,53-54H,1,3,6-9,11,14-15,17,21,24-25,27-29H2. The van der Waals surface area contributed by atoms with Crippen LogP contribution in [0.15, 0.2) is 131 Å². The molecule has 55 heavy (non-hydrogen) atoms. The summed E-state index contributed by atoms with van der Waals surface area (Å²) in [5.74, 6) is 0.435. The Balaban J connectivity index is 1.01. The van der Waals surface area contributed by atoms with Crippen molar-refractivity contribution in [1.29, 1.82) is 0 Å². The van der Waals surface area contributed by atoms with E-state index in [0.29, 0.717) is 18.1 Å². The molecule has 8 aliphatic carbocycles. The molecule has 1 aliphatic heterocycles. The fourth-order valence-corrected chi connectivity index (χ4v) is 11.3. The van der Waals surface area contributed by atoms with Crippen molar-refractivity contribution < 1.29 is 0 Å². The number of rotatable bonds is 5. The van der Waals surface area contributed by atoms with Gasteiger partial charge >= 0.3 is 0 Å². The lowest BCUT2D eigenvalue weighted by atomic mass is 9.78. The van der Waals surface area contributed by atoms with Gasteiger partial charge in [-0.3, -0.25) is 0 Å². The van der Waals surface area contributed by atoms with Gasteiger partial charge in [-0.15, -0.1) is 0 Å². The van der Waals surface area contributed by atoms with Crippen LogP contribution in [-0.4, -0.2) is 17.1 Å². The summed E-state index contributed by atoms with van der Waals surface area (Å²) in [6.07, 6.45) is 56.0. The maximum atomic E-state index is 4.01. The summed E-state index contributed by atoms with van der Waals surface area (Å²) < 4.78 is 0. The zero-order chi connectivity index (χ0) is 36.3. The van der Waals surface area contributed by atoms with Crippen LogP contribution in [0.3, 0.4) is 0 Å². The SMILES string of the molecule is C1=CC(N2C3=C(C=CCC3)NC2C2C=CC(c3ccc4c(C5=CC6=C(C=CCC6)CC5)c5c(c(C6=CC7=C(C=CCC7)CC6)c4c3)=CCCC=5)=CC2)CCC1. The number of allylic oxidation sites excluding steroid dienone is 19. The van der Waals surface area contributed by atoms with Gasteiger partial charge in [-0.25, -0.2) is 0 Å². The van der Waals surface area contributed by atoms with E-state index in [0.717, 1.165) is 70.6 Å². The quantitative estimate of drug-likeness (QED) is 0.310. The molecule has 2 aromatic rings. The Hall–Kier alpha value is -4.82. The molecule has 0 fully saturated rings. The van der Waals surface area contributed by atoms with E-state index >= 15 is 0 Å². The molecule has 3 atom stereocenters. The Morgan fingerprint density at radius 3 is 1.98 bits per heavy atom. The molecule has 1 N–H and O–H groups in total. The molecular weight excluding hydrogens is 665 g/mol. The number of nitrogens with one attached hydrogen (secondary N) is 1. The van der Waals surface area contributed by atoms with Crippen molar-refractivity contribution in [2.45, 2.75) is 115 Å². The average Bonchev–Trinajstić information content (AvgIpc) is 3.65. The molecular formula is C53H54N2. The predicted octanol–water partition coefficient (Wildman–Crippen LogP) is 11.7. The van der Waals surface area contributed by atoms with Gasteiger partial charge in [0, 0.05) is 17.7 Å². The second kappa shape index (κ2) is 14.0. The van der Waals surface area contributed by atoms with E-state index in [1.165, 1.54) is 87.0 Å². The molecule has 1 heterocycles. The number of hydrogen-bond donors (Lipinski definition) is 1. The smallest absolute Gasteiger partial charge is 0.106 e. The molecule has 0 spiro atoms. The van der Waals surface area contributed by atoms with Crippen LogP contribution < -0.4 is 15.8 Å². The Morgan fingerprint density at radius 2 is 1.29 bits per heavy atom. The fourth-order valence-electron chi connectivity index (χ4n) is 11.3. The van der Waals surface area contributed by atoms with Crippen LogP contribution in [0.1, 0.15) is 119 Å². The second-order valence-corrected chi connectivity index (χ2v) is 17.3. The van der Waals surface area contributed by atoms with Crippen LogP contribution in [-0.2, 0) is 0 Å². The van der Waals surface area contributed by atoms with Crippen molar-refractivity contribution in [1.82, 2.24) is 10.2 Å². The van der Waals surface area contributed by atoms with Gasteiger partial charge in [0.1, 0.15) is 6.17 Å². The predicted molar refractivity (Wildman–Crippen MR) is 233 cm³/mol. The molecule has 9 aliphatic rings. The number of hydrogen-bond acceptors (Lipinski definition) is 2. The van der Waals surface area contributed by atoms with E-state index in [2.05, 4.69) is 120 Å². The summed E-state index contributed by atoms with van der Waals surface area (Å²) in [6, 6.07) is 8.05. The van der Waals surface area contributed by atoms with Crippen molar-refractivity contribution in [3.63, 3.8) is 0 Å². The Bertz CT molecular complexity index is 2470. The van der Waals surface area contributed by atoms with Gasteiger partial charge in [0.2, 0.25) is 0 Å². The van der Waals surface area contributed by atoms with Gasteiger partial charge in [-0.05, 0) is 192 Å². The third-order valence-corrected chi connectivity index (χ3v) is 14.1. The van der Waals surface area contributed by atoms with Crippen LogP contribution in [0.25, 0.3) is 39.6 Å². The minimum atomic E-state index is 0.310. The highest BCUT2D eigenvalue weighted by Crippen LogP contribution is 2.42. The maximum Gasteiger partial charge on any atom is 0.106 e. The monoisotopic (exact) mass is 718 g/mol. The highest BCUT2D eigenvalue weighted by molar-refractivity contribution is 6.04. The highest BCUT2D eigenvalue weighted by Gasteiger charge is 2.39. The summed E-state index contributed by atoms with van der Waals surface area (Å²) in [5.41, 5.74) is 18.0. The fraction of sp³-hybridized carbons (Fsp3) is 0.358. The topological polar surface area (TPSA) is 15.3 Å². The zero-order valence-corrected chi connectivity index (χ0v) is 32.4. The van der Waals surface area contributed by atoms with Gasteiger partial charge in [0.05, 0.1) is 5.70 Å². The highest BCUT2D eigenvalue weighted by atomic mass is 15.4. The lowest BCUT2D eigenvalue weighted by Crippen LogP contribution is -2.47. The van der Waals surface area contributed by atoms with Crippen LogP contribution in [0, 0.1) is 5.92 Å². The van der Waals surface area contributed by atoms with Gasteiger partial charge in [0.15, 0.2) is 0 Å². The summed E-state index contributed by atoms with van der Waals surface area (Å²) >= 11 is 0. The minimum Gasteiger partial charge on any atom is -0.363 e. The average molecular weight is 719 g/mol. The van der Waals surface area contributed by atoms with E-state index in [-0.39, 0.29) is 0 Å². The zero-order valence-electron chi connectivity index (χ0n) is 32.4. The first-order valence-electron chi connectivity index (χ1n) is 21.8. The van der Waals surface area contributed by atoms with Crippen LogP contribution in [0.4, 0.5) is 0 Å². The molecule has 0 saturated carbocycles. The van der Waals surface area contributed by atoms with Crippen molar-refractivity contribution >= 4 is 39.6 Å². The lowest BCUT2D eigenvalue weighted by Gasteiger charge is -2.40. The maximum absolute atomic E-state index is 4.01. The van der Waals surface area contributed by atoms with Crippen LogP contribution in [0.2, 0.25) is 0 Å². The minimum absolute atomic E-state index is 0.310. The van der Waals surface area contributed by atoms with Crippen molar-refractivity contribution in [2.75, 3.05) is 0 Å². The first-order valence-corrected chi connectivity index (χ1v) is 21.8. The van der Waals surface area contributed by atoms with Gasteiger partial charge in [0.25, 0.3) is 0 Å². The number of nitrogens with zero attached hydrogens (tertiary/aromatic N) is 1. The molecule has 0 bridgehead atoms. The van der Waals surface area contributed by atoms with Crippen molar-refractivity contribution in [2.24, 2.45) is 5.92 Å². The van der Waals surface area contributed by atoms with Gasteiger partial charge in [-0.1, -0.05) is 97.2 Å². The number of benzene rings is 2. The molecule has 0 amide bonds. The summed E-state index contributed by atoms with van der Waals surface area (Å²) in [4.78, 5) is 2.77. The number of fused-ring (bicyclic) bond motifs is 2. The summed E-state index contributed by atoms with van der Waals surface area (Å²) in [5, 5.41) is 9.91. The third-order valence-electron chi connectivity index (χ3n) is 14.1.